The van der Waals surface area contributed by atoms with Crippen molar-refractivity contribution in [3.63, 3.8) is 0 Å². The average molecular weight is 743 g/mol. The van der Waals surface area contributed by atoms with Crippen molar-refractivity contribution in [2.24, 2.45) is 0 Å². The predicted molar refractivity (Wildman–Crippen MR) is 234 cm³/mol. The van der Waals surface area contributed by atoms with E-state index in [2.05, 4.69) is 84.9 Å². The van der Waals surface area contributed by atoms with Gasteiger partial charge in [-0.1, -0.05) is 194 Å². The maximum absolute atomic E-state index is 5.04. The second-order valence-corrected chi connectivity index (χ2v) is 13.9. The van der Waals surface area contributed by atoms with E-state index in [0.29, 0.717) is 34.9 Å². The molecule has 0 atom stereocenters. The number of benzene rings is 8. The summed E-state index contributed by atoms with van der Waals surface area (Å²) in [4.78, 5) is 30.0. The van der Waals surface area contributed by atoms with Crippen LogP contribution < -0.4 is 0 Å². The summed E-state index contributed by atoms with van der Waals surface area (Å²) in [5, 5.41) is 2.30. The van der Waals surface area contributed by atoms with E-state index >= 15 is 0 Å². The van der Waals surface area contributed by atoms with E-state index in [9.17, 15) is 0 Å². The first kappa shape index (κ1) is 34.5. The maximum atomic E-state index is 5.04. The number of rotatable bonds is 8. The van der Waals surface area contributed by atoms with Gasteiger partial charge in [0.15, 0.2) is 34.9 Å². The largest absolute Gasteiger partial charge is 0.208 e. The number of hydrogen-bond donors (Lipinski definition) is 0. The molecule has 0 bridgehead atoms. The van der Waals surface area contributed by atoms with Gasteiger partial charge in [-0.2, -0.15) is 0 Å². The molecule has 0 saturated heterocycles. The van der Waals surface area contributed by atoms with Gasteiger partial charge < -0.3 is 0 Å². The van der Waals surface area contributed by atoms with Gasteiger partial charge in [0.1, 0.15) is 0 Å². The van der Waals surface area contributed by atoms with E-state index in [-0.39, 0.29) is 0 Å². The summed E-state index contributed by atoms with van der Waals surface area (Å²) in [5.74, 6) is 3.72. The lowest BCUT2D eigenvalue weighted by molar-refractivity contribution is 1.07. The Balaban J connectivity index is 1.12. The first-order chi connectivity index (χ1) is 28.7. The van der Waals surface area contributed by atoms with Crippen LogP contribution in [0.3, 0.4) is 0 Å². The molecule has 6 nitrogen and oxygen atoms in total. The van der Waals surface area contributed by atoms with Gasteiger partial charge in [0.05, 0.1) is 0 Å². The Morgan fingerprint density at radius 2 is 0.552 bits per heavy atom. The van der Waals surface area contributed by atoms with E-state index in [4.69, 9.17) is 29.9 Å². The molecule has 2 heterocycles. The second kappa shape index (κ2) is 15.3. The molecule has 0 aliphatic rings. The minimum Gasteiger partial charge on any atom is -0.208 e. The van der Waals surface area contributed by atoms with Crippen LogP contribution in [0, 0.1) is 0 Å². The third kappa shape index (κ3) is 6.91. The average Bonchev–Trinajstić information content (AvgIpc) is 3.32. The number of hydrogen-bond acceptors (Lipinski definition) is 6. The lowest BCUT2D eigenvalue weighted by Crippen LogP contribution is -2.00. The van der Waals surface area contributed by atoms with Gasteiger partial charge in [-0.05, 0) is 45.2 Å². The van der Waals surface area contributed by atoms with Gasteiger partial charge in [0.25, 0.3) is 0 Å². The van der Waals surface area contributed by atoms with Crippen molar-refractivity contribution < 1.29 is 0 Å². The molecule has 0 unspecified atom stereocenters. The normalized spacial score (nSPS) is 11.1. The molecule has 0 saturated carbocycles. The number of aromatic nitrogens is 6. The zero-order valence-electron chi connectivity index (χ0n) is 31.3. The van der Waals surface area contributed by atoms with Crippen molar-refractivity contribution in [1.29, 1.82) is 0 Å². The zero-order valence-corrected chi connectivity index (χ0v) is 31.3. The Labute approximate surface area is 336 Å². The molecule has 0 fully saturated rings. The maximum Gasteiger partial charge on any atom is 0.164 e. The fourth-order valence-electron chi connectivity index (χ4n) is 7.34. The van der Waals surface area contributed by atoms with Crippen molar-refractivity contribution in [2.45, 2.75) is 0 Å². The van der Waals surface area contributed by atoms with Crippen LogP contribution in [0.5, 0.6) is 0 Å². The molecule has 10 rings (SSSR count). The molecule has 0 spiro atoms. The fourth-order valence-corrected chi connectivity index (χ4v) is 7.34. The monoisotopic (exact) mass is 742 g/mol. The van der Waals surface area contributed by atoms with Crippen LogP contribution in [0.4, 0.5) is 0 Å². The molecular formula is C52H34N6. The minimum atomic E-state index is 0.608. The van der Waals surface area contributed by atoms with Gasteiger partial charge in [-0.15, -0.1) is 0 Å². The van der Waals surface area contributed by atoms with Crippen LogP contribution in [0.1, 0.15) is 0 Å². The van der Waals surface area contributed by atoms with E-state index < -0.39 is 0 Å². The molecule has 8 aromatic carbocycles. The lowest BCUT2D eigenvalue weighted by Gasteiger charge is -2.16. The third-order valence-electron chi connectivity index (χ3n) is 10.2. The molecule has 2 aromatic heterocycles. The lowest BCUT2D eigenvalue weighted by atomic mass is 9.88. The summed E-state index contributed by atoms with van der Waals surface area (Å²) in [5.41, 5.74) is 9.82. The highest BCUT2D eigenvalue weighted by molar-refractivity contribution is 6.04. The van der Waals surface area contributed by atoms with Crippen molar-refractivity contribution in [3.05, 3.63) is 206 Å². The molecule has 0 aliphatic heterocycles. The topological polar surface area (TPSA) is 77.3 Å². The van der Waals surface area contributed by atoms with E-state index in [1.807, 2.05) is 121 Å². The Kier molecular flexibility index (Phi) is 9.10. The summed E-state index contributed by atoms with van der Waals surface area (Å²) in [6, 6.07) is 70.2. The molecule has 0 amide bonds. The standard InChI is InChI=1S/C52H34N6/c1-5-18-36(19-6-1)47-53-48(37-20-7-2-8-21-37)56-51(55-47)42-28-15-26-40(33-42)45-32-31-35-17-13-14-30-44(35)46(45)41-27-16-29-43(34-41)52-57-49(38-22-9-3-10-23-38)54-50(58-52)39-24-11-4-12-25-39/h1-34H. The highest BCUT2D eigenvalue weighted by Gasteiger charge is 2.18. The van der Waals surface area contributed by atoms with Crippen LogP contribution in [0.2, 0.25) is 0 Å². The highest BCUT2D eigenvalue weighted by Crippen LogP contribution is 2.40. The minimum absolute atomic E-state index is 0.608. The Bertz CT molecular complexity index is 2930. The van der Waals surface area contributed by atoms with Crippen molar-refractivity contribution in [1.82, 2.24) is 29.9 Å². The summed E-state index contributed by atoms with van der Waals surface area (Å²) in [7, 11) is 0. The third-order valence-corrected chi connectivity index (χ3v) is 10.2. The second-order valence-electron chi connectivity index (χ2n) is 13.9. The van der Waals surface area contributed by atoms with Crippen LogP contribution in [-0.2, 0) is 0 Å². The fraction of sp³-hybridized carbons (Fsp3) is 0. The molecule has 0 radical (unpaired) electrons. The molecule has 10 aromatic rings. The van der Waals surface area contributed by atoms with Crippen molar-refractivity contribution in [3.8, 4) is 90.6 Å². The van der Waals surface area contributed by atoms with Crippen molar-refractivity contribution >= 4 is 10.8 Å². The van der Waals surface area contributed by atoms with Crippen LogP contribution in [0.15, 0.2) is 206 Å². The zero-order chi connectivity index (χ0) is 38.7. The van der Waals surface area contributed by atoms with Gasteiger partial charge in [0.2, 0.25) is 0 Å². The van der Waals surface area contributed by atoms with Crippen LogP contribution >= 0.6 is 0 Å². The first-order valence-corrected chi connectivity index (χ1v) is 19.2. The Morgan fingerprint density at radius 3 is 1.00 bits per heavy atom. The number of nitrogens with zero attached hydrogens (tertiary/aromatic N) is 6. The summed E-state index contributed by atoms with van der Waals surface area (Å²) in [6.07, 6.45) is 0. The van der Waals surface area contributed by atoms with Gasteiger partial charge in [-0.25, -0.2) is 29.9 Å². The quantitative estimate of drug-likeness (QED) is 0.154. The first-order valence-electron chi connectivity index (χ1n) is 19.2. The number of fused-ring (bicyclic) bond motifs is 1. The molecular weight excluding hydrogens is 709 g/mol. The predicted octanol–water partition coefficient (Wildman–Crippen LogP) is 12.5. The van der Waals surface area contributed by atoms with Crippen molar-refractivity contribution in [2.75, 3.05) is 0 Å². The smallest absolute Gasteiger partial charge is 0.164 e. The van der Waals surface area contributed by atoms with Crippen LogP contribution in [-0.4, -0.2) is 29.9 Å². The molecule has 6 heteroatoms. The van der Waals surface area contributed by atoms with Gasteiger partial charge >= 0.3 is 0 Å². The summed E-state index contributed by atoms with van der Waals surface area (Å²) < 4.78 is 0. The molecule has 272 valence electrons. The molecule has 0 aliphatic carbocycles. The highest BCUT2D eigenvalue weighted by atomic mass is 15.0. The molecule has 58 heavy (non-hydrogen) atoms. The van der Waals surface area contributed by atoms with Gasteiger partial charge in [0, 0.05) is 33.4 Å². The summed E-state index contributed by atoms with van der Waals surface area (Å²) >= 11 is 0. The van der Waals surface area contributed by atoms with E-state index in [1.54, 1.807) is 0 Å². The molecule has 0 N–H and O–H groups in total. The van der Waals surface area contributed by atoms with E-state index in [1.165, 1.54) is 0 Å². The Hall–Kier alpha value is -7.96. The van der Waals surface area contributed by atoms with E-state index in [0.717, 1.165) is 66.4 Å². The van der Waals surface area contributed by atoms with Crippen LogP contribution in [0.25, 0.3) is 101 Å². The summed E-state index contributed by atoms with van der Waals surface area (Å²) in [6.45, 7) is 0. The Morgan fingerprint density at radius 1 is 0.224 bits per heavy atom. The van der Waals surface area contributed by atoms with Gasteiger partial charge in [-0.3, -0.25) is 0 Å². The SMILES string of the molecule is c1ccc(-c2nc(-c3ccccc3)nc(-c3cccc(-c4ccc5ccccc5c4-c4cccc(-c5nc(-c6ccccc6)nc(-c6ccccc6)n5)c4)c3)n2)cc1.